The summed E-state index contributed by atoms with van der Waals surface area (Å²) in [6, 6.07) is 13.0. The van der Waals surface area contributed by atoms with E-state index >= 15 is 0 Å². The third kappa shape index (κ3) is 7.66. The third-order valence-corrected chi connectivity index (χ3v) is 6.88. The van der Waals surface area contributed by atoms with Gasteiger partial charge in [-0.1, -0.05) is 24.3 Å². The molecule has 0 aromatic heterocycles. The number of ether oxygens (including phenoxy) is 2. The molecule has 0 unspecified atom stereocenters. The highest BCUT2D eigenvalue weighted by Gasteiger charge is 2.22. The van der Waals surface area contributed by atoms with Crippen molar-refractivity contribution in [2.75, 3.05) is 43.6 Å². The maximum absolute atomic E-state index is 12.4. The molecule has 31 heavy (non-hydrogen) atoms. The van der Waals surface area contributed by atoms with Gasteiger partial charge in [0.1, 0.15) is 6.54 Å². The Morgan fingerprint density at radius 1 is 1.10 bits per heavy atom. The third-order valence-electron chi connectivity index (χ3n) is 4.65. The number of carbonyl (C=O) groups excluding carboxylic acids is 1. The van der Waals surface area contributed by atoms with Crippen LogP contribution in [0.5, 0.6) is 11.5 Å². The van der Waals surface area contributed by atoms with E-state index in [2.05, 4.69) is 24.4 Å². The lowest BCUT2D eigenvalue weighted by molar-refractivity contribution is -0.119. The Bertz CT molecular complexity index is 980. The quantitative estimate of drug-likeness (QED) is 0.484. The average Bonchev–Trinajstić information content (AvgIpc) is 2.74. The van der Waals surface area contributed by atoms with Crippen LogP contribution in [0.15, 0.2) is 42.5 Å². The van der Waals surface area contributed by atoms with E-state index in [1.54, 1.807) is 12.1 Å². The van der Waals surface area contributed by atoms with E-state index in [1.807, 2.05) is 23.9 Å². The summed E-state index contributed by atoms with van der Waals surface area (Å²) >= 11 is 1.81. The smallest absolute Gasteiger partial charge is 0.240 e. The topological polar surface area (TPSA) is 84.9 Å². The monoisotopic (exact) mass is 466 g/mol. The number of nitrogens with one attached hydrogen (secondary N) is 1. The van der Waals surface area contributed by atoms with Crippen molar-refractivity contribution < 1.29 is 22.7 Å². The zero-order valence-corrected chi connectivity index (χ0v) is 20.0. The minimum absolute atomic E-state index is 0.301. The second-order valence-electron chi connectivity index (χ2n) is 6.99. The van der Waals surface area contributed by atoms with Crippen LogP contribution in [0, 0.1) is 6.92 Å². The summed E-state index contributed by atoms with van der Waals surface area (Å²) in [5.41, 5.74) is 2.93. The molecule has 2 aromatic rings. The van der Waals surface area contributed by atoms with E-state index in [-0.39, 0.29) is 12.5 Å². The van der Waals surface area contributed by atoms with Crippen LogP contribution in [0.4, 0.5) is 5.69 Å². The molecule has 0 aliphatic carbocycles. The van der Waals surface area contributed by atoms with Crippen molar-refractivity contribution in [1.29, 1.82) is 0 Å². The standard InChI is InChI=1S/C22H30N2O5S2/c1-17-8-5-6-9-18(17)16-30-13-7-12-23-22(25)15-24(31(4,26)27)19-10-11-20(28-2)21(14-19)29-3/h5-6,8-11,14H,7,12-13,15-16H2,1-4H3,(H,23,25). The van der Waals surface area contributed by atoms with Crippen molar-refractivity contribution >= 4 is 33.4 Å². The number of benzene rings is 2. The van der Waals surface area contributed by atoms with Crippen molar-refractivity contribution in [3.63, 3.8) is 0 Å². The first kappa shape index (κ1) is 24.9. The van der Waals surface area contributed by atoms with E-state index in [0.717, 1.165) is 28.5 Å². The summed E-state index contributed by atoms with van der Waals surface area (Å²) in [6.07, 6.45) is 1.87. The maximum atomic E-state index is 12.4. The molecule has 0 saturated heterocycles. The fraction of sp³-hybridized carbons (Fsp3) is 0.409. The SMILES string of the molecule is COc1ccc(N(CC(=O)NCCCSCc2ccccc2C)S(C)(=O)=O)cc1OC. The van der Waals surface area contributed by atoms with E-state index in [9.17, 15) is 13.2 Å². The molecule has 0 spiro atoms. The highest BCUT2D eigenvalue weighted by atomic mass is 32.2. The van der Waals surface area contributed by atoms with E-state index in [0.29, 0.717) is 23.7 Å². The first-order chi connectivity index (χ1) is 14.8. The molecule has 0 saturated carbocycles. The number of aryl methyl sites for hydroxylation is 1. The number of anilines is 1. The molecular formula is C22H30N2O5S2. The fourth-order valence-corrected chi connectivity index (χ4v) is 4.81. The second kappa shape index (κ2) is 11.9. The summed E-state index contributed by atoms with van der Waals surface area (Å²) in [5.74, 6) is 2.35. The van der Waals surface area contributed by atoms with Crippen molar-refractivity contribution in [2.45, 2.75) is 19.1 Å². The molecule has 9 heteroatoms. The lowest BCUT2D eigenvalue weighted by Crippen LogP contribution is -2.40. The molecule has 0 heterocycles. The van der Waals surface area contributed by atoms with Gasteiger partial charge in [-0.3, -0.25) is 9.10 Å². The van der Waals surface area contributed by atoms with Crippen LogP contribution in [0.3, 0.4) is 0 Å². The van der Waals surface area contributed by atoms with Crippen molar-refractivity contribution in [1.82, 2.24) is 5.32 Å². The summed E-state index contributed by atoms with van der Waals surface area (Å²) in [6.45, 7) is 2.29. The molecule has 2 rings (SSSR count). The highest BCUT2D eigenvalue weighted by molar-refractivity contribution is 7.98. The number of amides is 1. The predicted octanol–water partition coefficient (Wildman–Crippen LogP) is 3.22. The van der Waals surface area contributed by atoms with Gasteiger partial charge in [0, 0.05) is 18.4 Å². The minimum atomic E-state index is -3.66. The normalized spacial score (nSPS) is 11.1. The van der Waals surface area contributed by atoms with Crippen molar-refractivity contribution in [3.8, 4) is 11.5 Å². The van der Waals surface area contributed by atoms with Gasteiger partial charge in [0.05, 0.1) is 26.2 Å². The molecule has 1 amide bonds. The molecule has 0 bridgehead atoms. The highest BCUT2D eigenvalue weighted by Crippen LogP contribution is 2.32. The average molecular weight is 467 g/mol. The van der Waals surface area contributed by atoms with Gasteiger partial charge in [0.15, 0.2) is 11.5 Å². The Kier molecular flexibility index (Phi) is 9.51. The lowest BCUT2D eigenvalue weighted by atomic mass is 10.1. The first-order valence-corrected chi connectivity index (χ1v) is 12.8. The van der Waals surface area contributed by atoms with Crippen molar-refractivity contribution in [2.24, 2.45) is 0 Å². The van der Waals surface area contributed by atoms with Crippen LogP contribution in [0.25, 0.3) is 0 Å². The number of methoxy groups -OCH3 is 2. The largest absolute Gasteiger partial charge is 0.493 e. The van der Waals surface area contributed by atoms with Gasteiger partial charge in [-0.05, 0) is 42.4 Å². The van der Waals surface area contributed by atoms with E-state index in [1.165, 1.54) is 31.4 Å². The van der Waals surface area contributed by atoms with E-state index < -0.39 is 10.0 Å². The van der Waals surface area contributed by atoms with Gasteiger partial charge in [0.25, 0.3) is 0 Å². The zero-order chi connectivity index (χ0) is 22.9. The Balaban J connectivity index is 1.86. The number of hydrogen-bond acceptors (Lipinski definition) is 6. The molecule has 170 valence electrons. The summed E-state index contributed by atoms with van der Waals surface area (Å²) in [7, 11) is -0.692. The maximum Gasteiger partial charge on any atom is 0.240 e. The van der Waals surface area contributed by atoms with Crippen molar-refractivity contribution in [3.05, 3.63) is 53.6 Å². The van der Waals surface area contributed by atoms with Crippen LogP contribution in [0.1, 0.15) is 17.5 Å². The van der Waals surface area contributed by atoms with Gasteiger partial charge < -0.3 is 14.8 Å². The number of thioether (sulfide) groups is 1. The van der Waals surface area contributed by atoms with Gasteiger partial charge in [-0.2, -0.15) is 11.8 Å². The van der Waals surface area contributed by atoms with Gasteiger partial charge in [0.2, 0.25) is 15.9 Å². The summed E-state index contributed by atoms with van der Waals surface area (Å²) < 4.78 is 36.0. The summed E-state index contributed by atoms with van der Waals surface area (Å²) in [4.78, 5) is 12.4. The predicted molar refractivity (Wildman–Crippen MR) is 127 cm³/mol. The molecule has 1 N–H and O–H groups in total. The first-order valence-electron chi connectivity index (χ1n) is 9.85. The Morgan fingerprint density at radius 3 is 2.45 bits per heavy atom. The minimum Gasteiger partial charge on any atom is -0.493 e. The Hall–Kier alpha value is -2.39. The molecule has 0 aliphatic rings. The lowest BCUT2D eigenvalue weighted by Gasteiger charge is -2.23. The molecular weight excluding hydrogens is 436 g/mol. The van der Waals surface area contributed by atoms with Crippen LogP contribution in [-0.2, 0) is 20.6 Å². The van der Waals surface area contributed by atoms with Crippen LogP contribution >= 0.6 is 11.8 Å². The zero-order valence-electron chi connectivity index (χ0n) is 18.4. The number of nitrogens with zero attached hydrogens (tertiary/aromatic N) is 1. The number of rotatable bonds is 12. The van der Waals surface area contributed by atoms with Crippen LogP contribution < -0.4 is 19.1 Å². The molecule has 0 radical (unpaired) electrons. The molecule has 7 nitrogen and oxygen atoms in total. The fourth-order valence-electron chi connectivity index (χ4n) is 2.92. The van der Waals surface area contributed by atoms with Gasteiger partial charge >= 0.3 is 0 Å². The molecule has 0 atom stereocenters. The Morgan fingerprint density at radius 2 is 1.81 bits per heavy atom. The summed E-state index contributed by atoms with van der Waals surface area (Å²) in [5, 5.41) is 2.80. The van der Waals surface area contributed by atoms with Crippen LogP contribution in [0.2, 0.25) is 0 Å². The number of hydrogen-bond donors (Lipinski definition) is 1. The van der Waals surface area contributed by atoms with Gasteiger partial charge in [-0.15, -0.1) is 0 Å². The number of carbonyl (C=O) groups is 1. The molecule has 2 aromatic carbocycles. The second-order valence-corrected chi connectivity index (χ2v) is 10.0. The molecule has 0 aliphatic heterocycles. The van der Waals surface area contributed by atoms with Gasteiger partial charge in [-0.25, -0.2) is 8.42 Å². The number of sulfonamides is 1. The van der Waals surface area contributed by atoms with E-state index in [4.69, 9.17) is 9.47 Å². The Labute approximate surface area is 189 Å². The molecule has 0 fully saturated rings. The van der Waals surface area contributed by atoms with Crippen LogP contribution in [-0.4, -0.2) is 53.6 Å².